The normalized spacial score (nSPS) is 14.2. The molecule has 35 heavy (non-hydrogen) atoms. The van der Waals surface area contributed by atoms with Crippen molar-refractivity contribution >= 4 is 48.0 Å². The molecule has 6 nitrogen and oxygen atoms in total. The second-order valence-electron chi connectivity index (χ2n) is 9.15. The SMILES string of the molecule is [B]c1cnn2c(NCc3cccc(NC(=O)CC4CCCCC4)c3)cc(-c3ccccc3Cl)nc12. The Balaban J connectivity index is 1.32. The van der Waals surface area contributed by atoms with Crippen molar-refractivity contribution in [3.05, 3.63) is 71.4 Å². The van der Waals surface area contributed by atoms with Gasteiger partial charge in [-0.2, -0.15) is 9.61 Å². The molecule has 1 fully saturated rings. The molecule has 4 aromatic rings. The summed E-state index contributed by atoms with van der Waals surface area (Å²) in [6.45, 7) is 0.535. The number of amides is 1. The van der Waals surface area contributed by atoms with Gasteiger partial charge in [0, 0.05) is 41.5 Å². The standard InChI is InChI=1S/C27H27BClN5O/c28-22-17-31-34-25(15-24(33-27(22)34)21-11-4-5-12-23(21)29)30-16-19-9-6-10-20(13-19)32-26(35)14-18-7-2-1-3-8-18/h4-6,9-13,15,17-18,30H,1-3,7-8,14,16H2,(H,32,35). The van der Waals surface area contributed by atoms with E-state index < -0.39 is 0 Å². The Morgan fingerprint density at radius 3 is 2.74 bits per heavy atom. The van der Waals surface area contributed by atoms with Crippen molar-refractivity contribution in [2.24, 2.45) is 5.92 Å². The molecule has 2 aromatic heterocycles. The topological polar surface area (TPSA) is 71.3 Å². The van der Waals surface area contributed by atoms with Gasteiger partial charge < -0.3 is 10.6 Å². The summed E-state index contributed by atoms with van der Waals surface area (Å²) in [5, 5.41) is 11.5. The third-order valence-corrected chi connectivity index (χ3v) is 6.86. The number of aromatic nitrogens is 3. The summed E-state index contributed by atoms with van der Waals surface area (Å²) < 4.78 is 1.69. The van der Waals surface area contributed by atoms with E-state index in [0.717, 1.165) is 35.5 Å². The molecule has 0 bridgehead atoms. The molecule has 0 spiro atoms. The van der Waals surface area contributed by atoms with Gasteiger partial charge in [-0.05, 0) is 48.0 Å². The van der Waals surface area contributed by atoms with E-state index in [1.54, 1.807) is 10.7 Å². The van der Waals surface area contributed by atoms with E-state index in [1.807, 2.05) is 54.6 Å². The minimum absolute atomic E-state index is 0.0919. The maximum atomic E-state index is 12.6. The average Bonchev–Trinajstić information content (AvgIpc) is 3.24. The molecule has 0 unspecified atom stereocenters. The Morgan fingerprint density at radius 2 is 1.91 bits per heavy atom. The number of hydrogen-bond acceptors (Lipinski definition) is 4. The Kier molecular flexibility index (Phi) is 7.05. The molecule has 0 saturated heterocycles. The van der Waals surface area contributed by atoms with Crippen LogP contribution >= 0.6 is 11.6 Å². The first-order valence-electron chi connectivity index (χ1n) is 12.1. The van der Waals surface area contributed by atoms with Crippen molar-refractivity contribution in [3.8, 4) is 11.3 Å². The van der Waals surface area contributed by atoms with E-state index in [1.165, 1.54) is 19.3 Å². The molecule has 2 N–H and O–H groups in total. The van der Waals surface area contributed by atoms with E-state index in [4.69, 9.17) is 19.4 Å². The van der Waals surface area contributed by atoms with Gasteiger partial charge >= 0.3 is 0 Å². The van der Waals surface area contributed by atoms with E-state index in [2.05, 4.69) is 20.7 Å². The van der Waals surface area contributed by atoms with Gasteiger partial charge in [0.15, 0.2) is 5.65 Å². The smallest absolute Gasteiger partial charge is 0.224 e. The Bertz CT molecular complexity index is 1350. The van der Waals surface area contributed by atoms with Crippen LogP contribution in [-0.4, -0.2) is 28.4 Å². The first-order chi connectivity index (χ1) is 17.1. The van der Waals surface area contributed by atoms with Gasteiger partial charge in [0.1, 0.15) is 13.7 Å². The zero-order valence-electron chi connectivity index (χ0n) is 19.5. The molecule has 1 amide bonds. The Morgan fingerprint density at radius 1 is 1.09 bits per heavy atom. The van der Waals surface area contributed by atoms with Gasteiger partial charge in [0.2, 0.25) is 5.91 Å². The second kappa shape index (κ2) is 10.5. The highest BCUT2D eigenvalue weighted by Crippen LogP contribution is 2.29. The van der Waals surface area contributed by atoms with Gasteiger partial charge in [0.25, 0.3) is 0 Å². The fraction of sp³-hybridized carbons (Fsp3) is 0.296. The molecular weight excluding hydrogens is 457 g/mol. The fourth-order valence-electron chi connectivity index (χ4n) is 4.73. The van der Waals surface area contributed by atoms with E-state index in [-0.39, 0.29) is 5.91 Å². The number of carbonyl (C=O) groups is 1. The number of halogens is 1. The fourth-order valence-corrected chi connectivity index (χ4v) is 4.96. The number of benzene rings is 2. The van der Waals surface area contributed by atoms with Crippen molar-refractivity contribution in [2.75, 3.05) is 10.6 Å². The lowest BCUT2D eigenvalue weighted by Crippen LogP contribution is -2.18. The van der Waals surface area contributed by atoms with Crippen LogP contribution in [0.3, 0.4) is 0 Å². The number of anilines is 2. The van der Waals surface area contributed by atoms with Crippen molar-refractivity contribution in [1.82, 2.24) is 14.6 Å². The second-order valence-corrected chi connectivity index (χ2v) is 9.56. The van der Waals surface area contributed by atoms with Crippen molar-refractivity contribution in [3.63, 3.8) is 0 Å². The summed E-state index contributed by atoms with van der Waals surface area (Å²) in [6.07, 6.45) is 8.28. The van der Waals surface area contributed by atoms with Crippen molar-refractivity contribution < 1.29 is 4.79 Å². The zero-order valence-corrected chi connectivity index (χ0v) is 20.3. The van der Waals surface area contributed by atoms with Crippen LogP contribution in [0.1, 0.15) is 44.1 Å². The third kappa shape index (κ3) is 5.51. The minimum atomic E-state index is 0.0919. The van der Waals surface area contributed by atoms with E-state index in [9.17, 15) is 4.79 Å². The highest BCUT2D eigenvalue weighted by atomic mass is 35.5. The molecule has 2 aromatic carbocycles. The van der Waals surface area contributed by atoms with Crippen LogP contribution in [0, 0.1) is 5.92 Å². The summed E-state index contributed by atoms with van der Waals surface area (Å²) in [6, 6.07) is 17.4. The lowest BCUT2D eigenvalue weighted by Gasteiger charge is -2.20. The summed E-state index contributed by atoms with van der Waals surface area (Å²) >= 11 is 6.42. The number of hydrogen-bond donors (Lipinski definition) is 2. The number of carbonyl (C=O) groups excluding carboxylic acids is 1. The van der Waals surface area contributed by atoms with Gasteiger partial charge in [-0.25, -0.2) is 4.98 Å². The predicted octanol–water partition coefficient (Wildman–Crippen LogP) is 5.36. The summed E-state index contributed by atoms with van der Waals surface area (Å²) in [7, 11) is 6.12. The van der Waals surface area contributed by atoms with Crippen molar-refractivity contribution in [2.45, 2.75) is 45.1 Å². The molecular formula is C27H27BClN5O. The Labute approximate surface area is 211 Å². The molecule has 1 aliphatic carbocycles. The number of rotatable bonds is 7. The summed E-state index contributed by atoms with van der Waals surface area (Å²) in [4.78, 5) is 17.2. The van der Waals surface area contributed by atoms with Crippen LogP contribution in [0.5, 0.6) is 0 Å². The highest BCUT2D eigenvalue weighted by Gasteiger charge is 2.17. The summed E-state index contributed by atoms with van der Waals surface area (Å²) in [5.74, 6) is 1.35. The van der Waals surface area contributed by atoms with Gasteiger partial charge in [-0.3, -0.25) is 4.79 Å². The van der Waals surface area contributed by atoms with Crippen LogP contribution in [-0.2, 0) is 11.3 Å². The lowest BCUT2D eigenvalue weighted by atomic mass is 9.87. The van der Waals surface area contributed by atoms with Crippen LogP contribution in [0.4, 0.5) is 11.5 Å². The van der Waals surface area contributed by atoms with Gasteiger partial charge in [-0.15, -0.1) is 0 Å². The van der Waals surface area contributed by atoms with Crippen LogP contribution in [0.25, 0.3) is 16.9 Å². The largest absolute Gasteiger partial charge is 0.366 e. The first-order valence-corrected chi connectivity index (χ1v) is 12.5. The van der Waals surface area contributed by atoms with E-state index >= 15 is 0 Å². The van der Waals surface area contributed by atoms with Gasteiger partial charge in [-0.1, -0.05) is 61.2 Å². The molecule has 1 saturated carbocycles. The molecule has 2 heterocycles. The molecule has 0 aliphatic heterocycles. The maximum Gasteiger partial charge on any atom is 0.224 e. The minimum Gasteiger partial charge on any atom is -0.366 e. The average molecular weight is 484 g/mol. The van der Waals surface area contributed by atoms with Crippen LogP contribution in [0.15, 0.2) is 60.8 Å². The number of nitrogens with zero attached hydrogens (tertiary/aromatic N) is 3. The quantitative estimate of drug-likeness (QED) is 0.347. The predicted molar refractivity (Wildman–Crippen MR) is 142 cm³/mol. The molecule has 0 atom stereocenters. The van der Waals surface area contributed by atoms with E-state index in [0.29, 0.717) is 40.7 Å². The monoisotopic (exact) mass is 483 g/mol. The molecule has 176 valence electrons. The molecule has 2 radical (unpaired) electrons. The number of fused-ring (bicyclic) bond motifs is 1. The lowest BCUT2D eigenvalue weighted by molar-refractivity contribution is -0.117. The van der Waals surface area contributed by atoms with Crippen molar-refractivity contribution in [1.29, 1.82) is 0 Å². The Hall–Kier alpha value is -3.32. The van der Waals surface area contributed by atoms with Crippen LogP contribution < -0.4 is 16.1 Å². The first kappa shape index (κ1) is 23.4. The number of nitrogens with one attached hydrogen (secondary N) is 2. The summed E-state index contributed by atoms with van der Waals surface area (Å²) in [5.41, 5.74) is 4.43. The maximum absolute atomic E-state index is 12.6. The molecule has 5 rings (SSSR count). The zero-order chi connectivity index (χ0) is 24.2. The highest BCUT2D eigenvalue weighted by molar-refractivity contribution is 6.36. The molecule has 8 heteroatoms. The molecule has 1 aliphatic rings. The third-order valence-electron chi connectivity index (χ3n) is 6.53. The van der Waals surface area contributed by atoms with Crippen LogP contribution in [0.2, 0.25) is 5.02 Å². The van der Waals surface area contributed by atoms with Gasteiger partial charge in [0.05, 0.1) is 5.69 Å².